The van der Waals surface area contributed by atoms with Crippen LogP contribution in [0.25, 0.3) is 11.4 Å². The molecule has 0 saturated carbocycles. The Morgan fingerprint density at radius 2 is 1.93 bits per heavy atom. The normalized spacial score (nSPS) is 10.9. The zero-order valence-electron chi connectivity index (χ0n) is 16.8. The third-order valence-corrected chi connectivity index (χ3v) is 4.29. The maximum absolute atomic E-state index is 6.01. The maximum atomic E-state index is 6.01. The van der Waals surface area contributed by atoms with Gasteiger partial charge in [-0.15, -0.1) is 24.0 Å². The molecule has 3 aromatic rings. The number of guanidine groups is 1. The fourth-order valence-corrected chi connectivity index (χ4v) is 2.81. The van der Waals surface area contributed by atoms with Gasteiger partial charge in [-0.25, -0.2) is 0 Å². The fourth-order valence-electron chi connectivity index (χ4n) is 2.62. The lowest BCUT2D eigenvalue weighted by molar-refractivity contribution is 0.355. The van der Waals surface area contributed by atoms with E-state index in [0.29, 0.717) is 47.2 Å². The van der Waals surface area contributed by atoms with Crippen molar-refractivity contribution >= 4 is 47.2 Å². The van der Waals surface area contributed by atoms with E-state index in [-0.39, 0.29) is 24.0 Å². The summed E-state index contributed by atoms with van der Waals surface area (Å²) in [5, 5.41) is 11.0. The number of aromatic nitrogens is 2. The Bertz CT molecular complexity index is 996. The first kappa shape index (κ1) is 23.7. The van der Waals surface area contributed by atoms with Gasteiger partial charge < -0.3 is 24.6 Å². The second-order valence-electron chi connectivity index (χ2n) is 5.97. The summed E-state index contributed by atoms with van der Waals surface area (Å²) >= 11 is 6.01. The summed E-state index contributed by atoms with van der Waals surface area (Å²) in [6.07, 6.45) is 0.542. The summed E-state index contributed by atoms with van der Waals surface area (Å²) < 4.78 is 15.9. The molecular weight excluding hydrogens is 521 g/mol. The standard InChI is InChI=1S/C20H22ClN5O3.HI/c1-22-20(24-15-7-8-16(27-2)17(12-15)28-3)23-10-9-18-25-19(26-29-18)13-5-4-6-14(21)11-13;/h4-8,11-12H,9-10H2,1-3H3,(H2,22,23,24);1H. The molecule has 0 unspecified atom stereocenters. The Hall–Kier alpha value is -2.53. The van der Waals surface area contributed by atoms with Gasteiger partial charge in [-0.2, -0.15) is 4.98 Å². The van der Waals surface area contributed by atoms with Crippen LogP contribution >= 0.6 is 35.6 Å². The van der Waals surface area contributed by atoms with Crippen LogP contribution in [0.1, 0.15) is 5.89 Å². The number of rotatable bonds is 7. The third kappa shape index (κ3) is 6.23. The van der Waals surface area contributed by atoms with Crippen LogP contribution in [0.15, 0.2) is 52.0 Å². The molecule has 8 nitrogen and oxygen atoms in total. The topological polar surface area (TPSA) is 93.8 Å². The molecule has 0 aliphatic rings. The monoisotopic (exact) mass is 543 g/mol. The third-order valence-electron chi connectivity index (χ3n) is 4.05. The summed E-state index contributed by atoms with van der Waals surface area (Å²) in [6.45, 7) is 0.560. The molecule has 0 saturated heterocycles. The van der Waals surface area contributed by atoms with Gasteiger partial charge >= 0.3 is 0 Å². The zero-order chi connectivity index (χ0) is 20.6. The minimum Gasteiger partial charge on any atom is -0.493 e. The number of nitrogens with zero attached hydrogens (tertiary/aromatic N) is 3. The first-order chi connectivity index (χ1) is 14.1. The number of anilines is 1. The summed E-state index contributed by atoms with van der Waals surface area (Å²) in [5.74, 6) is 2.93. The highest BCUT2D eigenvalue weighted by molar-refractivity contribution is 14.0. The number of methoxy groups -OCH3 is 2. The van der Waals surface area contributed by atoms with Crippen molar-refractivity contribution in [1.29, 1.82) is 0 Å². The molecule has 0 radical (unpaired) electrons. The highest BCUT2D eigenvalue weighted by Crippen LogP contribution is 2.29. The molecule has 0 atom stereocenters. The van der Waals surface area contributed by atoms with Crippen molar-refractivity contribution in [2.45, 2.75) is 6.42 Å². The van der Waals surface area contributed by atoms with E-state index in [1.165, 1.54) is 0 Å². The van der Waals surface area contributed by atoms with E-state index in [1.807, 2.05) is 30.3 Å². The minimum atomic E-state index is 0. The number of nitrogens with one attached hydrogen (secondary N) is 2. The number of ether oxygens (including phenoxy) is 2. The first-order valence-corrected chi connectivity index (χ1v) is 9.29. The van der Waals surface area contributed by atoms with E-state index in [4.69, 9.17) is 25.6 Å². The van der Waals surface area contributed by atoms with Crippen LogP contribution in [0.4, 0.5) is 5.69 Å². The molecule has 3 rings (SSSR count). The van der Waals surface area contributed by atoms with Gasteiger partial charge in [-0.05, 0) is 24.3 Å². The Morgan fingerprint density at radius 1 is 1.13 bits per heavy atom. The maximum Gasteiger partial charge on any atom is 0.228 e. The largest absolute Gasteiger partial charge is 0.493 e. The van der Waals surface area contributed by atoms with Crippen LogP contribution in [0.2, 0.25) is 5.02 Å². The molecular formula is C20H23ClIN5O3. The van der Waals surface area contributed by atoms with E-state index < -0.39 is 0 Å². The molecule has 1 aromatic heterocycles. The number of aliphatic imine (C=N–C) groups is 1. The van der Waals surface area contributed by atoms with Gasteiger partial charge in [-0.1, -0.05) is 28.9 Å². The van der Waals surface area contributed by atoms with Crippen molar-refractivity contribution in [1.82, 2.24) is 15.5 Å². The lowest BCUT2D eigenvalue weighted by Gasteiger charge is -2.13. The number of benzene rings is 2. The molecule has 0 aliphatic carbocycles. The zero-order valence-corrected chi connectivity index (χ0v) is 19.9. The molecule has 0 aliphatic heterocycles. The molecule has 0 spiro atoms. The molecule has 160 valence electrons. The summed E-state index contributed by atoms with van der Waals surface area (Å²) in [5.41, 5.74) is 1.63. The van der Waals surface area contributed by atoms with Crippen molar-refractivity contribution in [3.63, 3.8) is 0 Å². The molecule has 1 heterocycles. The fraction of sp³-hybridized carbons (Fsp3) is 0.250. The number of halogens is 2. The molecule has 2 N–H and O–H groups in total. The lowest BCUT2D eigenvalue weighted by Crippen LogP contribution is -2.32. The van der Waals surface area contributed by atoms with E-state index in [1.54, 1.807) is 33.4 Å². The number of hydrogen-bond donors (Lipinski definition) is 2. The molecule has 30 heavy (non-hydrogen) atoms. The van der Waals surface area contributed by atoms with E-state index in [0.717, 1.165) is 11.3 Å². The summed E-state index contributed by atoms with van der Waals surface area (Å²) in [6, 6.07) is 12.9. The van der Waals surface area contributed by atoms with Gasteiger partial charge in [0.2, 0.25) is 11.7 Å². The molecule has 0 bridgehead atoms. The van der Waals surface area contributed by atoms with E-state index in [9.17, 15) is 0 Å². The van der Waals surface area contributed by atoms with Crippen molar-refractivity contribution in [2.75, 3.05) is 33.1 Å². The van der Waals surface area contributed by atoms with Gasteiger partial charge in [0.1, 0.15) is 0 Å². The lowest BCUT2D eigenvalue weighted by atomic mass is 10.2. The predicted molar refractivity (Wildman–Crippen MR) is 128 cm³/mol. The molecule has 0 fully saturated rings. The molecule has 2 aromatic carbocycles. The van der Waals surface area contributed by atoms with E-state index in [2.05, 4.69) is 25.8 Å². The Balaban J connectivity index is 0.00000320. The van der Waals surface area contributed by atoms with Crippen molar-refractivity contribution in [3.8, 4) is 22.9 Å². The Morgan fingerprint density at radius 3 is 2.63 bits per heavy atom. The van der Waals surface area contributed by atoms with Crippen LogP contribution in [-0.2, 0) is 6.42 Å². The minimum absolute atomic E-state index is 0. The van der Waals surface area contributed by atoms with Crippen LogP contribution in [0.5, 0.6) is 11.5 Å². The Kier molecular flexibility index (Phi) is 9.18. The second-order valence-corrected chi connectivity index (χ2v) is 6.40. The SMILES string of the molecule is CN=C(NCCc1nc(-c2cccc(Cl)c2)no1)Nc1ccc(OC)c(OC)c1.I. The van der Waals surface area contributed by atoms with Crippen LogP contribution < -0.4 is 20.1 Å². The highest BCUT2D eigenvalue weighted by atomic mass is 127. The predicted octanol–water partition coefficient (Wildman–Crippen LogP) is 4.26. The highest BCUT2D eigenvalue weighted by Gasteiger charge is 2.10. The second kappa shape index (κ2) is 11.6. The quantitative estimate of drug-likeness (QED) is 0.261. The van der Waals surface area contributed by atoms with Gasteiger partial charge in [0.05, 0.1) is 14.2 Å². The Labute approximate surface area is 197 Å². The van der Waals surface area contributed by atoms with Gasteiger partial charge in [0.25, 0.3) is 0 Å². The van der Waals surface area contributed by atoms with E-state index >= 15 is 0 Å². The average Bonchev–Trinajstić information content (AvgIpc) is 3.22. The van der Waals surface area contributed by atoms with Crippen LogP contribution in [-0.4, -0.2) is 43.9 Å². The average molecular weight is 544 g/mol. The number of hydrogen-bond acceptors (Lipinski definition) is 6. The van der Waals surface area contributed by atoms with Crippen LogP contribution in [0.3, 0.4) is 0 Å². The van der Waals surface area contributed by atoms with Gasteiger partial charge in [-0.3, -0.25) is 4.99 Å². The molecule has 10 heteroatoms. The van der Waals surface area contributed by atoms with Crippen molar-refractivity contribution in [2.24, 2.45) is 4.99 Å². The molecule has 0 amide bonds. The summed E-state index contributed by atoms with van der Waals surface area (Å²) in [7, 11) is 4.89. The van der Waals surface area contributed by atoms with Crippen LogP contribution in [0, 0.1) is 0 Å². The van der Waals surface area contributed by atoms with Crippen molar-refractivity contribution in [3.05, 3.63) is 53.4 Å². The first-order valence-electron chi connectivity index (χ1n) is 8.91. The summed E-state index contributed by atoms with van der Waals surface area (Å²) in [4.78, 5) is 8.62. The van der Waals surface area contributed by atoms with Crippen molar-refractivity contribution < 1.29 is 14.0 Å². The van der Waals surface area contributed by atoms with Gasteiger partial charge in [0.15, 0.2) is 17.5 Å². The smallest absolute Gasteiger partial charge is 0.228 e. The van der Waals surface area contributed by atoms with Gasteiger partial charge in [0, 0.05) is 42.4 Å².